The summed E-state index contributed by atoms with van der Waals surface area (Å²) in [6.45, 7) is 7.30. The summed E-state index contributed by atoms with van der Waals surface area (Å²) in [4.78, 5) is 23.0. The first-order chi connectivity index (χ1) is 11.0. The number of thioether (sulfide) groups is 2. The van der Waals surface area contributed by atoms with Crippen molar-refractivity contribution in [1.82, 2.24) is 10.3 Å². The molecule has 2 aliphatic rings. The Bertz CT molecular complexity index is 546. The number of aliphatic imine (C=N–C) groups is 2. The van der Waals surface area contributed by atoms with Gasteiger partial charge in [0.25, 0.3) is 5.91 Å². The van der Waals surface area contributed by atoms with E-state index in [4.69, 9.17) is 0 Å². The normalized spacial score (nSPS) is 18.7. The molecule has 0 spiro atoms. The molecule has 0 saturated carbocycles. The summed E-state index contributed by atoms with van der Waals surface area (Å²) >= 11 is 3.70. The van der Waals surface area contributed by atoms with Gasteiger partial charge in [-0.05, 0) is 32.9 Å². The third kappa shape index (κ3) is 8.76. The minimum Gasteiger partial charge on any atom is -0.355 e. The molecule has 0 saturated heterocycles. The fraction of sp³-hybridized carbons (Fsp3) is 0.500. The number of hydrogen-bond donors (Lipinski definition) is 1. The van der Waals surface area contributed by atoms with Crippen LogP contribution in [0.15, 0.2) is 34.5 Å². The van der Waals surface area contributed by atoms with E-state index in [1.807, 2.05) is 23.5 Å². The Hall–Kier alpha value is -1.34. The largest absolute Gasteiger partial charge is 0.355 e. The number of hydrogen-bond acceptors (Lipinski definition) is 6. The molecule has 0 aromatic carbocycles. The fourth-order valence-electron chi connectivity index (χ4n) is 1.72. The quantitative estimate of drug-likeness (QED) is 0.843. The summed E-state index contributed by atoms with van der Waals surface area (Å²) < 4.78 is 0. The van der Waals surface area contributed by atoms with Crippen LogP contribution < -0.4 is 5.32 Å². The van der Waals surface area contributed by atoms with Crippen LogP contribution in [-0.4, -0.2) is 52.1 Å². The van der Waals surface area contributed by atoms with E-state index < -0.39 is 0 Å². The number of rotatable bonds is 1. The second-order valence-electron chi connectivity index (χ2n) is 4.87. The molecule has 5 nitrogen and oxygen atoms in total. The Morgan fingerprint density at radius 2 is 1.91 bits per heavy atom. The van der Waals surface area contributed by atoms with Crippen LogP contribution in [0, 0.1) is 0 Å². The van der Waals surface area contributed by atoms with E-state index >= 15 is 0 Å². The topological polar surface area (TPSA) is 66.7 Å². The molecule has 2 aliphatic heterocycles. The summed E-state index contributed by atoms with van der Waals surface area (Å²) in [6.07, 6.45) is 3.18. The third-order valence-corrected chi connectivity index (χ3v) is 4.95. The van der Waals surface area contributed by atoms with Gasteiger partial charge >= 0.3 is 0 Å². The van der Waals surface area contributed by atoms with Gasteiger partial charge in [0.15, 0.2) is 0 Å². The van der Waals surface area contributed by atoms with Crippen LogP contribution in [0.2, 0.25) is 0 Å². The second kappa shape index (κ2) is 11.2. The zero-order valence-corrected chi connectivity index (χ0v) is 15.7. The van der Waals surface area contributed by atoms with Crippen LogP contribution in [0.1, 0.15) is 31.1 Å². The second-order valence-corrected chi connectivity index (χ2v) is 7.37. The van der Waals surface area contributed by atoms with Gasteiger partial charge in [-0.2, -0.15) is 0 Å². The third-order valence-electron chi connectivity index (χ3n) is 2.84. The smallest absolute Gasteiger partial charge is 0.251 e. The van der Waals surface area contributed by atoms with Crippen LogP contribution in [-0.2, 0) is 0 Å². The zero-order chi connectivity index (χ0) is 17.1. The van der Waals surface area contributed by atoms with Gasteiger partial charge in [-0.3, -0.25) is 19.8 Å². The minimum atomic E-state index is -0.0811. The number of carbonyl (C=O) groups excluding carboxylic acids is 1. The minimum absolute atomic E-state index is 0.0811. The summed E-state index contributed by atoms with van der Waals surface area (Å²) in [5.74, 6) is 2.31. The average Bonchev–Trinajstić information content (AvgIpc) is 3.19. The summed E-state index contributed by atoms with van der Waals surface area (Å²) in [5, 5.41) is 5.00. The van der Waals surface area contributed by atoms with Crippen molar-refractivity contribution in [3.05, 3.63) is 30.1 Å². The maximum Gasteiger partial charge on any atom is 0.251 e. The Morgan fingerprint density at radius 3 is 2.22 bits per heavy atom. The van der Waals surface area contributed by atoms with E-state index in [1.54, 1.807) is 31.6 Å². The predicted molar refractivity (Wildman–Crippen MR) is 103 cm³/mol. The zero-order valence-electron chi connectivity index (χ0n) is 14.1. The Labute approximate surface area is 146 Å². The summed E-state index contributed by atoms with van der Waals surface area (Å²) in [6, 6.07) is 3.91. The Morgan fingerprint density at radius 1 is 1.22 bits per heavy atom. The van der Waals surface area contributed by atoms with E-state index in [0.717, 1.165) is 6.54 Å². The van der Waals surface area contributed by atoms with E-state index in [9.17, 15) is 4.79 Å². The van der Waals surface area contributed by atoms with Gasteiger partial charge < -0.3 is 5.32 Å². The van der Waals surface area contributed by atoms with Crippen LogP contribution in [0.25, 0.3) is 0 Å². The highest BCUT2D eigenvalue weighted by molar-refractivity contribution is 8.14. The molecule has 0 aliphatic carbocycles. The maximum absolute atomic E-state index is 10.9. The van der Waals surface area contributed by atoms with Gasteiger partial charge in [-0.1, -0.05) is 0 Å². The molecule has 1 amide bonds. The molecule has 1 aromatic rings. The van der Waals surface area contributed by atoms with E-state index in [1.165, 1.54) is 21.6 Å². The van der Waals surface area contributed by atoms with Crippen molar-refractivity contribution in [3.63, 3.8) is 0 Å². The Kier molecular flexibility index (Phi) is 9.63. The standard InChI is InChI=1S/C7H8N2O.C5H9NS.C4H7NS/c1-8-7(10)6-2-4-9-5-3-6;1-4-3-7-5(2)6-4;1-4-5-2-3-6-4/h2-5H,1H3,(H,8,10);4H,3H2,1-2H3;2-3H2,1H3. The molecule has 0 fully saturated rings. The highest BCUT2D eigenvalue weighted by Gasteiger charge is 2.07. The summed E-state index contributed by atoms with van der Waals surface area (Å²) in [5.41, 5.74) is 0.637. The highest BCUT2D eigenvalue weighted by atomic mass is 32.2. The van der Waals surface area contributed by atoms with Gasteiger partial charge in [-0.25, -0.2) is 0 Å². The number of nitrogens with zero attached hydrogens (tertiary/aromatic N) is 3. The van der Waals surface area contributed by atoms with Gasteiger partial charge in [0.05, 0.1) is 16.1 Å². The molecule has 1 atom stereocenters. The SMILES string of the molecule is CC1=NC(C)CS1.CC1=NCCS1.CNC(=O)c1ccncc1. The highest BCUT2D eigenvalue weighted by Crippen LogP contribution is 2.16. The van der Waals surface area contributed by atoms with Gasteiger partial charge in [0.2, 0.25) is 0 Å². The number of nitrogens with one attached hydrogen (secondary N) is 1. The Balaban J connectivity index is 0.000000179. The lowest BCUT2D eigenvalue weighted by molar-refractivity contribution is 0.0963. The molecular weight excluding hydrogens is 328 g/mol. The number of pyridine rings is 1. The first-order valence-electron chi connectivity index (χ1n) is 7.46. The average molecular weight is 353 g/mol. The lowest BCUT2D eigenvalue weighted by atomic mass is 10.2. The summed E-state index contributed by atoms with van der Waals surface area (Å²) in [7, 11) is 1.60. The molecule has 0 radical (unpaired) electrons. The fourth-order valence-corrected chi connectivity index (χ4v) is 3.19. The molecule has 1 aromatic heterocycles. The lowest BCUT2D eigenvalue weighted by Gasteiger charge is -1.95. The molecule has 1 unspecified atom stereocenters. The van der Waals surface area contributed by atoms with Gasteiger partial charge in [0.1, 0.15) is 0 Å². The number of carbonyl (C=O) groups is 1. The van der Waals surface area contributed by atoms with E-state index in [0.29, 0.717) is 11.6 Å². The van der Waals surface area contributed by atoms with Crippen molar-refractivity contribution in [2.24, 2.45) is 9.98 Å². The first-order valence-corrected chi connectivity index (χ1v) is 9.43. The van der Waals surface area contributed by atoms with Crippen molar-refractivity contribution in [1.29, 1.82) is 0 Å². The van der Waals surface area contributed by atoms with Crippen molar-refractivity contribution in [2.45, 2.75) is 26.8 Å². The first kappa shape index (κ1) is 19.7. The van der Waals surface area contributed by atoms with Gasteiger partial charge in [-0.15, -0.1) is 23.5 Å². The molecule has 3 rings (SSSR count). The van der Waals surface area contributed by atoms with Gasteiger partial charge in [0, 0.05) is 43.1 Å². The van der Waals surface area contributed by atoms with Crippen molar-refractivity contribution < 1.29 is 4.79 Å². The van der Waals surface area contributed by atoms with Crippen LogP contribution in [0.3, 0.4) is 0 Å². The van der Waals surface area contributed by atoms with Crippen molar-refractivity contribution in [2.75, 3.05) is 25.1 Å². The van der Waals surface area contributed by atoms with Crippen LogP contribution in [0.5, 0.6) is 0 Å². The molecule has 0 bridgehead atoms. The van der Waals surface area contributed by atoms with Crippen molar-refractivity contribution >= 4 is 39.5 Å². The number of amides is 1. The molecule has 23 heavy (non-hydrogen) atoms. The molecule has 1 N–H and O–H groups in total. The molecule has 7 heteroatoms. The van der Waals surface area contributed by atoms with Crippen molar-refractivity contribution in [3.8, 4) is 0 Å². The van der Waals surface area contributed by atoms with E-state index in [-0.39, 0.29) is 5.91 Å². The van der Waals surface area contributed by atoms with Crippen LogP contribution >= 0.6 is 23.5 Å². The lowest BCUT2D eigenvalue weighted by Crippen LogP contribution is -2.17. The molecule has 126 valence electrons. The van der Waals surface area contributed by atoms with E-state index in [2.05, 4.69) is 41.1 Å². The number of aromatic nitrogens is 1. The predicted octanol–water partition coefficient (Wildman–Crippen LogP) is 3.13. The van der Waals surface area contributed by atoms with Crippen LogP contribution in [0.4, 0.5) is 0 Å². The molecule has 3 heterocycles. The molecular formula is C16H24N4OS2. The maximum atomic E-state index is 10.9. The monoisotopic (exact) mass is 352 g/mol.